The van der Waals surface area contributed by atoms with Crippen molar-refractivity contribution in [3.8, 4) is 5.75 Å². The molecule has 2 heterocycles. The maximum Gasteiger partial charge on any atom is 0.239 e. The molecule has 7 nitrogen and oxygen atoms in total. The Bertz CT molecular complexity index is 878. The number of thiazole rings is 1. The molecule has 0 fully saturated rings. The highest BCUT2D eigenvalue weighted by molar-refractivity contribution is 8.00. The van der Waals surface area contributed by atoms with Crippen LogP contribution >= 0.6 is 23.1 Å². The molecule has 1 N–H and O–H groups in total. The standard InChI is InChI=1S/C17H19N5O2S2/c1-11-10-25-16(18-11)19-15(23)12(2)26-17-21-20-14(22(17)3)9-24-13-7-5-4-6-8-13/h4-8,10,12H,9H2,1-3H3,(H,18,19,23)/t12-/m0/s1. The number of rotatable bonds is 7. The number of benzene rings is 1. The fourth-order valence-electron chi connectivity index (χ4n) is 2.07. The quantitative estimate of drug-likeness (QED) is 0.625. The SMILES string of the molecule is Cc1csc(NC(=O)[C@H](C)Sc2nnc(COc3ccccc3)n2C)n1. The van der Waals surface area contributed by atoms with E-state index in [0.29, 0.717) is 22.7 Å². The molecule has 0 aliphatic rings. The van der Waals surface area contributed by atoms with Crippen LogP contribution in [0.3, 0.4) is 0 Å². The number of hydrogen-bond donors (Lipinski definition) is 1. The topological polar surface area (TPSA) is 81.9 Å². The Labute approximate surface area is 159 Å². The lowest BCUT2D eigenvalue weighted by Crippen LogP contribution is -2.22. The molecule has 0 saturated heterocycles. The van der Waals surface area contributed by atoms with E-state index in [9.17, 15) is 4.79 Å². The number of anilines is 1. The van der Waals surface area contributed by atoms with Crippen LogP contribution in [-0.2, 0) is 18.4 Å². The predicted octanol–water partition coefficient (Wildman–Crippen LogP) is 3.28. The van der Waals surface area contributed by atoms with Gasteiger partial charge < -0.3 is 14.6 Å². The molecular formula is C17H19N5O2S2. The molecule has 1 amide bonds. The maximum atomic E-state index is 12.3. The lowest BCUT2D eigenvalue weighted by atomic mass is 10.3. The third-order valence-electron chi connectivity index (χ3n) is 3.54. The van der Waals surface area contributed by atoms with Crippen molar-refractivity contribution in [2.24, 2.45) is 7.05 Å². The van der Waals surface area contributed by atoms with Crippen LogP contribution in [0.4, 0.5) is 5.13 Å². The summed E-state index contributed by atoms with van der Waals surface area (Å²) in [6.45, 7) is 4.03. The number of amides is 1. The van der Waals surface area contributed by atoms with Crippen LogP contribution in [0.25, 0.3) is 0 Å². The normalized spacial score (nSPS) is 12.0. The third-order valence-corrected chi connectivity index (χ3v) is 5.55. The first-order valence-corrected chi connectivity index (χ1v) is 9.74. The maximum absolute atomic E-state index is 12.3. The number of carbonyl (C=O) groups excluding carboxylic acids is 1. The van der Waals surface area contributed by atoms with Crippen LogP contribution in [0.5, 0.6) is 5.75 Å². The van der Waals surface area contributed by atoms with Crippen LogP contribution in [0.15, 0.2) is 40.9 Å². The van der Waals surface area contributed by atoms with Gasteiger partial charge >= 0.3 is 0 Å². The predicted molar refractivity (Wildman–Crippen MR) is 103 cm³/mol. The molecule has 3 aromatic rings. The summed E-state index contributed by atoms with van der Waals surface area (Å²) in [5.41, 5.74) is 0.891. The highest BCUT2D eigenvalue weighted by Crippen LogP contribution is 2.24. The largest absolute Gasteiger partial charge is 0.486 e. The molecule has 3 rings (SSSR count). The molecule has 0 saturated carbocycles. The van der Waals surface area contributed by atoms with E-state index in [1.54, 1.807) is 0 Å². The van der Waals surface area contributed by atoms with E-state index in [1.165, 1.54) is 23.1 Å². The average molecular weight is 390 g/mol. The zero-order chi connectivity index (χ0) is 18.5. The van der Waals surface area contributed by atoms with Gasteiger partial charge in [-0.05, 0) is 26.0 Å². The number of para-hydroxylation sites is 1. The molecule has 26 heavy (non-hydrogen) atoms. The van der Waals surface area contributed by atoms with Crippen molar-refractivity contribution in [3.63, 3.8) is 0 Å². The van der Waals surface area contributed by atoms with Crippen molar-refractivity contribution in [2.75, 3.05) is 5.32 Å². The summed E-state index contributed by atoms with van der Waals surface area (Å²) in [7, 11) is 1.86. The number of aryl methyl sites for hydroxylation is 1. The molecule has 1 aromatic carbocycles. The van der Waals surface area contributed by atoms with E-state index in [-0.39, 0.29) is 11.2 Å². The molecule has 9 heteroatoms. The molecule has 0 unspecified atom stereocenters. The minimum absolute atomic E-state index is 0.116. The second-order valence-corrected chi connectivity index (χ2v) is 7.77. The van der Waals surface area contributed by atoms with E-state index < -0.39 is 0 Å². The van der Waals surface area contributed by atoms with E-state index >= 15 is 0 Å². The molecular weight excluding hydrogens is 370 g/mol. The Morgan fingerprint density at radius 1 is 1.35 bits per heavy atom. The van der Waals surface area contributed by atoms with Gasteiger partial charge in [-0.2, -0.15) is 0 Å². The van der Waals surface area contributed by atoms with Gasteiger partial charge in [0.25, 0.3) is 0 Å². The lowest BCUT2D eigenvalue weighted by Gasteiger charge is -2.10. The van der Waals surface area contributed by atoms with Crippen LogP contribution in [0, 0.1) is 6.92 Å². The first-order chi connectivity index (χ1) is 12.5. The minimum atomic E-state index is -0.329. The highest BCUT2D eigenvalue weighted by Gasteiger charge is 2.20. The van der Waals surface area contributed by atoms with Gasteiger partial charge in [0, 0.05) is 12.4 Å². The van der Waals surface area contributed by atoms with Gasteiger partial charge in [0.2, 0.25) is 5.91 Å². The number of nitrogens with zero attached hydrogens (tertiary/aromatic N) is 4. The molecule has 0 aliphatic heterocycles. The monoisotopic (exact) mass is 389 g/mol. The number of hydrogen-bond acceptors (Lipinski definition) is 7. The van der Waals surface area contributed by atoms with Crippen LogP contribution < -0.4 is 10.1 Å². The van der Waals surface area contributed by atoms with Crippen molar-refractivity contribution in [1.29, 1.82) is 0 Å². The molecule has 1 atom stereocenters. The Morgan fingerprint density at radius 2 is 2.12 bits per heavy atom. The van der Waals surface area contributed by atoms with E-state index in [2.05, 4.69) is 20.5 Å². The summed E-state index contributed by atoms with van der Waals surface area (Å²) in [5.74, 6) is 1.35. The molecule has 136 valence electrons. The summed E-state index contributed by atoms with van der Waals surface area (Å²) < 4.78 is 7.54. The van der Waals surface area contributed by atoms with Gasteiger partial charge in [-0.3, -0.25) is 4.79 Å². The fourth-order valence-corrected chi connectivity index (χ4v) is 3.59. The summed E-state index contributed by atoms with van der Waals surface area (Å²) in [6, 6.07) is 9.54. The number of thioether (sulfide) groups is 1. The third kappa shape index (κ3) is 4.61. The number of nitrogens with one attached hydrogen (secondary N) is 1. The van der Waals surface area contributed by atoms with Crippen molar-refractivity contribution >= 4 is 34.1 Å². The Balaban J connectivity index is 1.57. The number of carbonyl (C=O) groups is 1. The van der Waals surface area contributed by atoms with Crippen molar-refractivity contribution in [2.45, 2.75) is 30.9 Å². The smallest absolute Gasteiger partial charge is 0.239 e. The van der Waals surface area contributed by atoms with E-state index in [0.717, 1.165) is 11.4 Å². The Morgan fingerprint density at radius 3 is 2.81 bits per heavy atom. The summed E-state index contributed by atoms with van der Waals surface area (Å²) in [4.78, 5) is 16.5. The van der Waals surface area contributed by atoms with Crippen molar-refractivity contribution in [1.82, 2.24) is 19.7 Å². The molecule has 0 radical (unpaired) electrons. The fraction of sp³-hybridized carbons (Fsp3) is 0.294. The number of ether oxygens (including phenoxy) is 1. The van der Waals surface area contributed by atoms with Gasteiger partial charge in [-0.25, -0.2) is 4.98 Å². The lowest BCUT2D eigenvalue weighted by molar-refractivity contribution is -0.115. The van der Waals surface area contributed by atoms with Crippen LogP contribution in [0.2, 0.25) is 0 Å². The van der Waals surface area contributed by atoms with E-state index in [1.807, 2.05) is 61.2 Å². The molecule has 0 aliphatic carbocycles. The van der Waals surface area contributed by atoms with Gasteiger partial charge in [0.15, 0.2) is 16.1 Å². The Kier molecular flexibility index (Phi) is 5.89. The van der Waals surface area contributed by atoms with Crippen LogP contribution in [-0.4, -0.2) is 30.9 Å². The van der Waals surface area contributed by atoms with Gasteiger partial charge in [0.1, 0.15) is 12.4 Å². The first-order valence-electron chi connectivity index (χ1n) is 7.98. The average Bonchev–Trinajstić information content (AvgIpc) is 3.20. The summed E-state index contributed by atoms with van der Waals surface area (Å²) in [5, 5.41) is 14.0. The molecule has 2 aromatic heterocycles. The highest BCUT2D eigenvalue weighted by atomic mass is 32.2. The van der Waals surface area contributed by atoms with Gasteiger partial charge in [-0.15, -0.1) is 21.5 Å². The molecule has 0 spiro atoms. The minimum Gasteiger partial charge on any atom is -0.486 e. The van der Waals surface area contributed by atoms with Gasteiger partial charge in [0.05, 0.1) is 10.9 Å². The summed E-state index contributed by atoms with van der Waals surface area (Å²) in [6.07, 6.45) is 0. The second kappa shape index (κ2) is 8.33. The first kappa shape index (κ1) is 18.4. The summed E-state index contributed by atoms with van der Waals surface area (Å²) >= 11 is 2.76. The molecule has 0 bridgehead atoms. The van der Waals surface area contributed by atoms with Gasteiger partial charge in [-0.1, -0.05) is 30.0 Å². The number of aromatic nitrogens is 4. The second-order valence-electron chi connectivity index (χ2n) is 5.60. The zero-order valence-corrected chi connectivity index (χ0v) is 16.3. The van der Waals surface area contributed by atoms with Crippen molar-refractivity contribution in [3.05, 3.63) is 47.2 Å². The Hall–Kier alpha value is -2.39. The zero-order valence-electron chi connectivity index (χ0n) is 14.7. The van der Waals surface area contributed by atoms with Crippen molar-refractivity contribution < 1.29 is 9.53 Å². The van der Waals surface area contributed by atoms with Crippen LogP contribution in [0.1, 0.15) is 18.4 Å². The van der Waals surface area contributed by atoms with E-state index in [4.69, 9.17) is 4.74 Å².